The van der Waals surface area contributed by atoms with Gasteiger partial charge >= 0.3 is 0 Å². The van der Waals surface area contributed by atoms with E-state index in [1.165, 1.54) is 0 Å². The summed E-state index contributed by atoms with van der Waals surface area (Å²) in [6, 6.07) is 1.02. The van der Waals surface area contributed by atoms with Crippen LogP contribution in [0.5, 0.6) is 0 Å². The van der Waals surface area contributed by atoms with E-state index in [0.717, 1.165) is 38.8 Å². The Morgan fingerprint density at radius 3 is 2.88 bits per heavy atom. The van der Waals surface area contributed by atoms with Gasteiger partial charge in [-0.1, -0.05) is 0 Å². The van der Waals surface area contributed by atoms with Crippen molar-refractivity contribution in [3.8, 4) is 0 Å². The maximum absolute atomic E-state index is 11.9. The molecule has 3 atom stereocenters. The minimum Gasteiger partial charge on any atom is -0.352 e. The number of carbonyl (C=O) groups excluding carboxylic acids is 1. The molecule has 2 heterocycles. The summed E-state index contributed by atoms with van der Waals surface area (Å²) >= 11 is 0. The Balaban J connectivity index is 1.78. The topological polar surface area (TPSA) is 44.4 Å². The minimum atomic E-state index is 0.0648. The summed E-state index contributed by atoms with van der Waals surface area (Å²) in [7, 11) is 2.15. The van der Waals surface area contributed by atoms with Crippen LogP contribution in [-0.4, -0.2) is 49.1 Å². The van der Waals surface area contributed by atoms with Crippen LogP contribution in [0.1, 0.15) is 32.6 Å². The van der Waals surface area contributed by atoms with Crippen molar-refractivity contribution in [1.29, 1.82) is 0 Å². The number of amides is 1. The Hall–Kier alpha value is -0.610. The van der Waals surface area contributed by atoms with E-state index in [-0.39, 0.29) is 11.9 Å². The van der Waals surface area contributed by atoms with Crippen molar-refractivity contribution in [2.75, 3.05) is 20.1 Å². The summed E-state index contributed by atoms with van der Waals surface area (Å²) in [6.07, 6.45) is 4.28. The predicted octanol–water partition coefficient (Wildman–Crippen LogP) is 0.337. The van der Waals surface area contributed by atoms with Gasteiger partial charge in [-0.15, -0.1) is 0 Å². The van der Waals surface area contributed by atoms with Crippen molar-refractivity contribution < 1.29 is 4.79 Å². The molecule has 2 unspecified atom stereocenters. The van der Waals surface area contributed by atoms with Gasteiger partial charge in [0.05, 0.1) is 6.04 Å². The molecule has 2 N–H and O–H groups in total. The highest BCUT2D eigenvalue weighted by atomic mass is 16.2. The van der Waals surface area contributed by atoms with E-state index in [0.29, 0.717) is 12.1 Å². The SMILES string of the molecule is CC1CC(NC(=O)[C@@H]2CCCN2)CCN1C. The number of likely N-dealkylation sites (tertiary alicyclic amines) is 1. The van der Waals surface area contributed by atoms with Gasteiger partial charge in [0.1, 0.15) is 0 Å². The van der Waals surface area contributed by atoms with E-state index in [9.17, 15) is 4.79 Å². The van der Waals surface area contributed by atoms with Crippen molar-refractivity contribution in [3.05, 3.63) is 0 Å². The second-order valence-corrected chi connectivity index (χ2v) is 5.21. The van der Waals surface area contributed by atoms with Crippen LogP contribution in [0.15, 0.2) is 0 Å². The molecule has 0 bridgehead atoms. The van der Waals surface area contributed by atoms with Gasteiger partial charge in [0.2, 0.25) is 5.91 Å². The molecule has 2 saturated heterocycles. The summed E-state index contributed by atoms with van der Waals surface area (Å²) in [5, 5.41) is 6.43. The largest absolute Gasteiger partial charge is 0.352 e. The summed E-state index contributed by atoms with van der Waals surface area (Å²) < 4.78 is 0. The van der Waals surface area contributed by atoms with Gasteiger partial charge in [0, 0.05) is 18.6 Å². The molecular weight excluding hydrogens is 202 g/mol. The molecule has 1 amide bonds. The number of nitrogens with one attached hydrogen (secondary N) is 2. The van der Waals surface area contributed by atoms with Gasteiger partial charge in [-0.25, -0.2) is 0 Å². The highest BCUT2D eigenvalue weighted by Crippen LogP contribution is 2.16. The lowest BCUT2D eigenvalue weighted by atomic mass is 9.98. The highest BCUT2D eigenvalue weighted by Gasteiger charge is 2.27. The van der Waals surface area contributed by atoms with E-state index < -0.39 is 0 Å². The third-order valence-corrected chi connectivity index (χ3v) is 3.93. The number of hydrogen-bond acceptors (Lipinski definition) is 3. The number of hydrogen-bond donors (Lipinski definition) is 2. The van der Waals surface area contributed by atoms with Crippen LogP contribution in [0.2, 0.25) is 0 Å². The second kappa shape index (κ2) is 5.15. The number of piperidine rings is 1. The monoisotopic (exact) mass is 225 g/mol. The molecule has 0 aromatic heterocycles. The van der Waals surface area contributed by atoms with Gasteiger partial charge in [-0.05, 0) is 46.2 Å². The highest BCUT2D eigenvalue weighted by molar-refractivity contribution is 5.82. The normalized spacial score (nSPS) is 36.2. The van der Waals surface area contributed by atoms with Crippen LogP contribution in [-0.2, 0) is 4.79 Å². The first-order chi connectivity index (χ1) is 7.66. The lowest BCUT2D eigenvalue weighted by molar-refractivity contribution is -0.123. The zero-order valence-electron chi connectivity index (χ0n) is 10.3. The Morgan fingerprint density at radius 2 is 2.25 bits per heavy atom. The molecular formula is C12H23N3O. The van der Waals surface area contributed by atoms with Gasteiger partial charge in [0.15, 0.2) is 0 Å². The fourth-order valence-corrected chi connectivity index (χ4v) is 2.63. The quantitative estimate of drug-likeness (QED) is 0.712. The summed E-state index contributed by atoms with van der Waals surface area (Å²) in [4.78, 5) is 14.3. The number of rotatable bonds is 2. The van der Waals surface area contributed by atoms with Crippen LogP contribution in [0, 0.1) is 0 Å². The maximum Gasteiger partial charge on any atom is 0.237 e. The molecule has 16 heavy (non-hydrogen) atoms. The molecule has 2 rings (SSSR count). The van der Waals surface area contributed by atoms with Crippen LogP contribution in [0.4, 0.5) is 0 Å². The standard InChI is InChI=1S/C12H23N3O/c1-9-8-10(5-7-15(9)2)14-12(16)11-4-3-6-13-11/h9-11,13H,3-8H2,1-2H3,(H,14,16)/t9?,10?,11-/m0/s1. The summed E-state index contributed by atoms with van der Waals surface area (Å²) in [6.45, 7) is 4.30. The van der Waals surface area contributed by atoms with Crippen molar-refractivity contribution in [1.82, 2.24) is 15.5 Å². The van der Waals surface area contributed by atoms with E-state index in [1.54, 1.807) is 0 Å². The minimum absolute atomic E-state index is 0.0648. The Bertz CT molecular complexity index is 251. The van der Waals surface area contributed by atoms with Crippen LogP contribution in [0.3, 0.4) is 0 Å². The molecule has 4 nitrogen and oxygen atoms in total. The second-order valence-electron chi connectivity index (χ2n) is 5.21. The summed E-state index contributed by atoms with van der Waals surface area (Å²) in [5.41, 5.74) is 0. The molecule has 92 valence electrons. The average molecular weight is 225 g/mol. The number of carbonyl (C=O) groups is 1. The van der Waals surface area contributed by atoms with Crippen molar-refractivity contribution >= 4 is 5.91 Å². The Kier molecular flexibility index (Phi) is 3.82. The molecule has 0 aromatic carbocycles. The number of nitrogens with zero attached hydrogens (tertiary/aromatic N) is 1. The lowest BCUT2D eigenvalue weighted by Gasteiger charge is -2.35. The van der Waals surface area contributed by atoms with Crippen LogP contribution in [0.25, 0.3) is 0 Å². The molecule has 2 aliphatic heterocycles. The molecule has 0 aromatic rings. The van der Waals surface area contributed by atoms with Crippen LogP contribution >= 0.6 is 0 Å². The molecule has 2 fully saturated rings. The Morgan fingerprint density at radius 1 is 1.44 bits per heavy atom. The zero-order chi connectivity index (χ0) is 11.5. The third kappa shape index (κ3) is 2.74. The molecule has 2 aliphatic rings. The van der Waals surface area contributed by atoms with E-state index in [2.05, 4.69) is 29.5 Å². The molecule has 0 aliphatic carbocycles. The zero-order valence-corrected chi connectivity index (χ0v) is 10.3. The average Bonchev–Trinajstić information content (AvgIpc) is 2.77. The lowest BCUT2D eigenvalue weighted by Crippen LogP contribution is -2.51. The van der Waals surface area contributed by atoms with Crippen molar-refractivity contribution in [2.24, 2.45) is 0 Å². The fourth-order valence-electron chi connectivity index (χ4n) is 2.63. The fraction of sp³-hybridized carbons (Fsp3) is 0.917. The van der Waals surface area contributed by atoms with Gasteiger partial charge in [-0.3, -0.25) is 4.79 Å². The van der Waals surface area contributed by atoms with E-state index >= 15 is 0 Å². The van der Waals surface area contributed by atoms with E-state index in [1.807, 2.05) is 0 Å². The maximum atomic E-state index is 11.9. The molecule has 4 heteroatoms. The van der Waals surface area contributed by atoms with Crippen molar-refractivity contribution in [3.63, 3.8) is 0 Å². The molecule has 0 radical (unpaired) electrons. The smallest absolute Gasteiger partial charge is 0.237 e. The predicted molar refractivity (Wildman–Crippen MR) is 64.3 cm³/mol. The molecule has 0 saturated carbocycles. The first-order valence-electron chi connectivity index (χ1n) is 6.41. The van der Waals surface area contributed by atoms with Crippen molar-refractivity contribution in [2.45, 2.75) is 50.7 Å². The van der Waals surface area contributed by atoms with Crippen LogP contribution < -0.4 is 10.6 Å². The first-order valence-corrected chi connectivity index (χ1v) is 6.41. The third-order valence-electron chi connectivity index (χ3n) is 3.93. The van der Waals surface area contributed by atoms with Gasteiger partial charge < -0.3 is 15.5 Å². The van der Waals surface area contributed by atoms with Gasteiger partial charge in [0.25, 0.3) is 0 Å². The Labute approximate surface area is 97.8 Å². The first kappa shape index (κ1) is 11.9. The van der Waals surface area contributed by atoms with E-state index in [4.69, 9.17) is 0 Å². The van der Waals surface area contributed by atoms with Gasteiger partial charge in [-0.2, -0.15) is 0 Å². The summed E-state index contributed by atoms with van der Waals surface area (Å²) in [5.74, 6) is 0.208. The molecule has 0 spiro atoms.